The van der Waals surface area contributed by atoms with Crippen LogP contribution in [-0.4, -0.2) is 57.0 Å². The van der Waals surface area contributed by atoms with E-state index in [1.165, 1.54) is 0 Å². The molecule has 5 N–H and O–H groups in total. The number of fused-ring (bicyclic) bond motifs is 5. The zero-order valence-electron chi connectivity index (χ0n) is 33.1. The smallest absolute Gasteiger partial charge is 0.508 e. The monoisotopic (exact) mass is 795 g/mol. The highest BCUT2D eigenvalue weighted by Crippen LogP contribution is 2.42. The van der Waals surface area contributed by atoms with Crippen LogP contribution in [0.3, 0.4) is 0 Å². The number of aromatic nitrogens is 2. The molecule has 0 fully saturated rings. The van der Waals surface area contributed by atoms with Gasteiger partial charge in [0.05, 0.1) is 29.0 Å². The summed E-state index contributed by atoms with van der Waals surface area (Å²) in [5, 5.41) is 16.5. The number of rotatable bonds is 16. The maximum absolute atomic E-state index is 14.0. The van der Waals surface area contributed by atoms with Crippen LogP contribution in [-0.2, 0) is 65.2 Å². The summed E-state index contributed by atoms with van der Waals surface area (Å²) in [6.07, 6.45) is 1.15. The number of aromatic hydroxyl groups is 1. The number of phenolic OH excluding ortho intramolecular Hbond substituents is 1. The van der Waals surface area contributed by atoms with Gasteiger partial charge in [-0.05, 0) is 86.2 Å². The van der Waals surface area contributed by atoms with Crippen LogP contribution < -0.4 is 21.9 Å². The number of aryl methyl sites for hydroxylation is 1. The van der Waals surface area contributed by atoms with E-state index in [4.69, 9.17) is 24.9 Å². The largest absolute Gasteiger partial charge is 0.510 e. The van der Waals surface area contributed by atoms with Gasteiger partial charge in [0.25, 0.3) is 5.56 Å². The lowest BCUT2D eigenvalue weighted by Crippen LogP contribution is -2.47. The third kappa shape index (κ3) is 8.44. The zero-order valence-corrected chi connectivity index (χ0v) is 33.1. The fraction of sp³-hybridized carbons (Fsp3) is 0.419. The van der Waals surface area contributed by atoms with E-state index in [0.29, 0.717) is 60.4 Å². The fourth-order valence-electron chi connectivity index (χ4n) is 7.49. The number of Topliss-reactive ketones (excluding diaryl/α,β-unsaturated/α-hetero) is 1. The topological polar surface area (TPSA) is 218 Å². The first-order valence-corrected chi connectivity index (χ1v) is 19.7. The van der Waals surface area contributed by atoms with E-state index in [1.807, 2.05) is 6.92 Å². The van der Waals surface area contributed by atoms with Crippen LogP contribution in [0.25, 0.3) is 22.3 Å². The van der Waals surface area contributed by atoms with Crippen LogP contribution >= 0.6 is 0 Å². The highest BCUT2D eigenvalue weighted by molar-refractivity contribution is 5.97. The minimum absolute atomic E-state index is 0.0145. The molecule has 306 valence electrons. The molecular weight excluding hydrogens is 746 g/mol. The maximum atomic E-state index is 14.0. The summed E-state index contributed by atoms with van der Waals surface area (Å²) in [5.74, 6) is -1.76. The van der Waals surface area contributed by atoms with Crippen LogP contribution in [0.2, 0.25) is 0 Å². The van der Waals surface area contributed by atoms with Gasteiger partial charge < -0.3 is 40.3 Å². The van der Waals surface area contributed by atoms with E-state index in [0.717, 1.165) is 16.5 Å². The van der Waals surface area contributed by atoms with Crippen molar-refractivity contribution in [2.45, 2.75) is 104 Å². The van der Waals surface area contributed by atoms with Crippen LogP contribution in [0.4, 0.5) is 10.5 Å². The number of esters is 1. The number of hydrogen-bond donors (Lipinski definition) is 4. The summed E-state index contributed by atoms with van der Waals surface area (Å²) in [7, 11) is 0. The van der Waals surface area contributed by atoms with Crippen molar-refractivity contribution < 1.29 is 43.3 Å². The average Bonchev–Trinajstić information content (AvgIpc) is 3.57. The number of benzene rings is 2. The number of carbonyl (C=O) groups is 5. The van der Waals surface area contributed by atoms with E-state index in [1.54, 1.807) is 73.9 Å². The van der Waals surface area contributed by atoms with E-state index < -0.39 is 41.1 Å². The second-order valence-electron chi connectivity index (χ2n) is 14.9. The number of anilines is 1. The Morgan fingerprint density at radius 1 is 1.02 bits per heavy atom. The standard InChI is InChI=1S/C43H49N5O10/c1-5-28-29-19-27(49)14-15-33(29)47-38-30(28)21-48-35(38)20-32-31(40(48)53)23-56-41(54)43(32,6-2)58-42(55)57-22-25-10-12-26(13-11-25)45-39(52)34(9-7-8-18-44)46-37(51)17-16-36(50)24(3)4/h10-15,19-20,24,34,49H,5-9,16-18,21-23,44H2,1-4H3,(H,45,52)(H,46,51)/t34-,43-/m0/s1. The van der Waals surface area contributed by atoms with Gasteiger partial charge in [0.15, 0.2) is 0 Å². The second kappa shape index (κ2) is 17.6. The number of nitrogens with two attached hydrogens (primary N) is 1. The molecule has 2 aliphatic rings. The maximum Gasteiger partial charge on any atom is 0.510 e. The molecule has 4 heterocycles. The van der Waals surface area contributed by atoms with Crippen molar-refractivity contribution in [1.82, 2.24) is 14.9 Å². The molecular formula is C43H49N5O10. The van der Waals surface area contributed by atoms with Crippen molar-refractivity contribution in [3.05, 3.63) is 86.7 Å². The molecule has 15 nitrogen and oxygen atoms in total. The molecule has 4 aromatic rings. The first-order chi connectivity index (χ1) is 27.8. The molecule has 2 atom stereocenters. The second-order valence-corrected chi connectivity index (χ2v) is 14.9. The highest BCUT2D eigenvalue weighted by atomic mass is 16.7. The molecule has 15 heteroatoms. The third-order valence-electron chi connectivity index (χ3n) is 10.8. The predicted octanol–water partition coefficient (Wildman–Crippen LogP) is 5.27. The summed E-state index contributed by atoms with van der Waals surface area (Å²) in [6.45, 7) is 7.32. The third-order valence-corrected chi connectivity index (χ3v) is 10.8. The van der Waals surface area contributed by atoms with E-state index >= 15 is 0 Å². The Morgan fingerprint density at radius 2 is 1.78 bits per heavy atom. The van der Waals surface area contributed by atoms with E-state index in [-0.39, 0.29) is 67.6 Å². The van der Waals surface area contributed by atoms with Gasteiger partial charge in [0.2, 0.25) is 17.4 Å². The number of ether oxygens (including phenoxy) is 3. The average molecular weight is 796 g/mol. The first-order valence-electron chi connectivity index (χ1n) is 19.7. The molecule has 2 amide bonds. The van der Waals surface area contributed by atoms with Gasteiger partial charge in [0.1, 0.15) is 30.8 Å². The quantitative estimate of drug-likeness (QED) is 0.0742. The molecule has 6 rings (SSSR count). The Morgan fingerprint density at radius 3 is 2.47 bits per heavy atom. The van der Waals surface area contributed by atoms with Crippen molar-refractivity contribution in [2.24, 2.45) is 11.7 Å². The van der Waals surface area contributed by atoms with Gasteiger partial charge >= 0.3 is 12.1 Å². The Hall–Kier alpha value is -6.09. The molecule has 0 aliphatic carbocycles. The molecule has 0 unspecified atom stereocenters. The van der Waals surface area contributed by atoms with Gasteiger partial charge in [-0.25, -0.2) is 14.6 Å². The fourth-order valence-corrected chi connectivity index (χ4v) is 7.49. The number of carbonyl (C=O) groups excluding carboxylic acids is 5. The Bertz CT molecular complexity index is 2320. The van der Waals surface area contributed by atoms with Crippen LogP contribution in [0.5, 0.6) is 5.75 Å². The van der Waals surface area contributed by atoms with Crippen molar-refractivity contribution in [2.75, 3.05) is 11.9 Å². The summed E-state index contributed by atoms with van der Waals surface area (Å²) in [6, 6.07) is 12.2. The number of phenols is 1. The number of pyridine rings is 2. The first kappa shape index (κ1) is 41.5. The number of amides is 2. The number of ketones is 1. The summed E-state index contributed by atoms with van der Waals surface area (Å²) < 4.78 is 18.3. The SMILES string of the molecule is CCc1c2c(nc3ccc(O)cc13)-c1cc3c(c(=O)n1C2)COC(=O)[C@@]3(CC)OC(=O)OCc1ccc(NC(=O)[C@H](CCCCN)NC(=O)CCC(=O)C(C)C)cc1. The van der Waals surface area contributed by atoms with Crippen molar-refractivity contribution in [1.29, 1.82) is 0 Å². The summed E-state index contributed by atoms with van der Waals surface area (Å²) in [4.78, 5) is 83.4. The Labute approximate surface area is 335 Å². The molecule has 0 radical (unpaired) electrons. The number of unbranched alkanes of at least 4 members (excludes halogenated alkanes) is 1. The Kier molecular flexibility index (Phi) is 12.6. The molecule has 0 bridgehead atoms. The van der Waals surface area contributed by atoms with Gasteiger partial charge in [-0.3, -0.25) is 19.2 Å². The lowest BCUT2D eigenvalue weighted by molar-refractivity contribution is -0.175. The normalized spacial score (nSPS) is 15.9. The van der Waals surface area contributed by atoms with Gasteiger partial charge in [-0.2, -0.15) is 0 Å². The zero-order chi connectivity index (χ0) is 41.7. The lowest BCUT2D eigenvalue weighted by Gasteiger charge is -2.35. The molecule has 2 aromatic heterocycles. The molecule has 2 aromatic carbocycles. The lowest BCUT2D eigenvalue weighted by atomic mass is 9.85. The van der Waals surface area contributed by atoms with E-state index in [9.17, 15) is 33.9 Å². The van der Waals surface area contributed by atoms with Crippen molar-refractivity contribution >= 4 is 46.3 Å². The van der Waals surface area contributed by atoms with Gasteiger partial charge in [-0.1, -0.05) is 39.8 Å². The van der Waals surface area contributed by atoms with Crippen molar-refractivity contribution in [3.63, 3.8) is 0 Å². The molecule has 0 spiro atoms. The number of nitrogens with one attached hydrogen (secondary N) is 2. The minimum atomic E-state index is -1.97. The van der Waals surface area contributed by atoms with Crippen LogP contribution in [0, 0.1) is 5.92 Å². The van der Waals surface area contributed by atoms with Gasteiger partial charge in [-0.15, -0.1) is 0 Å². The predicted molar refractivity (Wildman–Crippen MR) is 214 cm³/mol. The van der Waals surface area contributed by atoms with E-state index in [2.05, 4.69) is 10.6 Å². The molecule has 2 aliphatic heterocycles. The van der Waals surface area contributed by atoms with Gasteiger partial charge in [0, 0.05) is 41.0 Å². The summed E-state index contributed by atoms with van der Waals surface area (Å²) in [5.41, 5.74) is 8.10. The number of hydrogen-bond acceptors (Lipinski definition) is 12. The van der Waals surface area contributed by atoms with Crippen LogP contribution in [0.15, 0.2) is 53.3 Å². The van der Waals surface area contributed by atoms with Crippen molar-refractivity contribution in [3.8, 4) is 17.1 Å². The number of cyclic esters (lactones) is 1. The minimum Gasteiger partial charge on any atom is -0.508 e. The number of nitrogens with zero attached hydrogens (tertiary/aromatic N) is 2. The van der Waals surface area contributed by atoms with Crippen LogP contribution in [0.1, 0.15) is 94.0 Å². The molecule has 58 heavy (non-hydrogen) atoms. The molecule has 0 saturated carbocycles. The summed E-state index contributed by atoms with van der Waals surface area (Å²) >= 11 is 0. The molecule has 0 saturated heterocycles. The Balaban J connectivity index is 1.14. The highest BCUT2D eigenvalue weighted by Gasteiger charge is 2.51.